The van der Waals surface area contributed by atoms with Gasteiger partial charge in [0.15, 0.2) is 0 Å². The number of carbonyl (C=O) groups excluding carboxylic acids is 1. The molecule has 0 spiro atoms. The molecule has 4 nitrogen and oxygen atoms in total. The highest BCUT2D eigenvalue weighted by atomic mass is 16.1. The Kier molecular flexibility index (Phi) is 2.69. The fraction of sp³-hybridized carbons (Fsp3) is 0.875. The van der Waals surface area contributed by atoms with Crippen molar-refractivity contribution >= 4 is 5.91 Å². The lowest BCUT2D eigenvalue weighted by atomic mass is 9.90. The van der Waals surface area contributed by atoms with Gasteiger partial charge >= 0.3 is 0 Å². The van der Waals surface area contributed by atoms with Crippen molar-refractivity contribution in [3.8, 4) is 0 Å². The molecule has 70 valence electrons. The maximum absolute atomic E-state index is 10.6. The van der Waals surface area contributed by atoms with Crippen LogP contribution in [0.3, 0.4) is 0 Å². The zero-order valence-corrected chi connectivity index (χ0v) is 7.55. The minimum absolute atomic E-state index is 0.190. The fourth-order valence-corrected chi connectivity index (χ4v) is 1.65. The predicted octanol–water partition coefficient (Wildman–Crippen LogP) is -0.858. The van der Waals surface area contributed by atoms with Gasteiger partial charge in [-0.05, 0) is 24.9 Å². The van der Waals surface area contributed by atoms with Crippen LogP contribution in [0, 0.1) is 5.41 Å². The van der Waals surface area contributed by atoms with Gasteiger partial charge in [0, 0.05) is 6.54 Å². The summed E-state index contributed by atoms with van der Waals surface area (Å²) < 4.78 is 0. The molecule has 1 rings (SSSR count). The lowest BCUT2D eigenvalue weighted by molar-refractivity contribution is -0.119. The number of amides is 1. The highest BCUT2D eigenvalue weighted by molar-refractivity contribution is 5.75. The van der Waals surface area contributed by atoms with Gasteiger partial charge in [0.25, 0.3) is 0 Å². The van der Waals surface area contributed by atoms with Crippen molar-refractivity contribution in [3.05, 3.63) is 0 Å². The van der Waals surface area contributed by atoms with E-state index in [1.807, 2.05) is 0 Å². The number of nitrogens with two attached hydrogens (primary N) is 2. The minimum Gasteiger partial charge on any atom is -0.369 e. The van der Waals surface area contributed by atoms with Crippen LogP contribution in [-0.4, -0.2) is 37.0 Å². The monoisotopic (exact) mass is 171 g/mol. The second-order valence-electron chi connectivity index (χ2n) is 3.94. The van der Waals surface area contributed by atoms with E-state index in [4.69, 9.17) is 11.5 Å². The number of likely N-dealkylation sites (tertiary alicyclic amines) is 1. The minimum atomic E-state index is -0.253. The summed E-state index contributed by atoms with van der Waals surface area (Å²) >= 11 is 0. The van der Waals surface area contributed by atoms with Gasteiger partial charge in [-0.2, -0.15) is 0 Å². The lowest BCUT2D eigenvalue weighted by Crippen LogP contribution is -2.35. The zero-order chi connectivity index (χ0) is 9.19. The Labute approximate surface area is 72.9 Å². The van der Waals surface area contributed by atoms with Gasteiger partial charge in [-0.1, -0.05) is 6.92 Å². The smallest absolute Gasteiger partial charge is 0.231 e. The van der Waals surface area contributed by atoms with Crippen LogP contribution in [0.5, 0.6) is 0 Å². The predicted molar refractivity (Wildman–Crippen MR) is 47.4 cm³/mol. The topological polar surface area (TPSA) is 72.3 Å². The molecule has 0 aromatic heterocycles. The number of nitrogens with zero attached hydrogens (tertiary/aromatic N) is 1. The van der Waals surface area contributed by atoms with Crippen LogP contribution in [-0.2, 0) is 4.79 Å². The average Bonchev–Trinajstić information content (AvgIpc) is 2.32. The van der Waals surface area contributed by atoms with E-state index in [2.05, 4.69) is 11.8 Å². The average molecular weight is 171 g/mol. The van der Waals surface area contributed by atoms with Crippen molar-refractivity contribution in [2.45, 2.75) is 13.3 Å². The summed E-state index contributed by atoms with van der Waals surface area (Å²) in [5.41, 5.74) is 10.9. The van der Waals surface area contributed by atoms with Crippen molar-refractivity contribution in [1.29, 1.82) is 0 Å². The van der Waals surface area contributed by atoms with Crippen molar-refractivity contribution in [2.24, 2.45) is 16.9 Å². The molecule has 1 unspecified atom stereocenters. The summed E-state index contributed by atoms with van der Waals surface area (Å²) in [6, 6.07) is 0. The Hall–Kier alpha value is -0.610. The molecule has 0 bridgehead atoms. The molecular weight excluding hydrogens is 154 g/mol. The Morgan fingerprint density at radius 3 is 2.75 bits per heavy atom. The van der Waals surface area contributed by atoms with Crippen LogP contribution >= 0.6 is 0 Å². The number of carbonyl (C=O) groups is 1. The molecule has 0 aromatic carbocycles. The molecule has 1 fully saturated rings. The second-order valence-corrected chi connectivity index (χ2v) is 3.94. The molecule has 4 heteroatoms. The molecule has 4 N–H and O–H groups in total. The van der Waals surface area contributed by atoms with E-state index in [1.165, 1.54) is 0 Å². The van der Waals surface area contributed by atoms with E-state index in [9.17, 15) is 4.79 Å². The third-order valence-corrected chi connectivity index (χ3v) is 2.51. The van der Waals surface area contributed by atoms with E-state index in [0.717, 1.165) is 19.5 Å². The summed E-state index contributed by atoms with van der Waals surface area (Å²) in [5.74, 6) is -0.253. The van der Waals surface area contributed by atoms with E-state index in [0.29, 0.717) is 13.1 Å². The first-order chi connectivity index (χ1) is 5.56. The van der Waals surface area contributed by atoms with Crippen molar-refractivity contribution < 1.29 is 4.79 Å². The molecule has 1 atom stereocenters. The Morgan fingerprint density at radius 2 is 2.33 bits per heavy atom. The second kappa shape index (κ2) is 3.41. The number of primary amides is 1. The first-order valence-electron chi connectivity index (χ1n) is 4.26. The quantitative estimate of drug-likeness (QED) is 0.580. The largest absolute Gasteiger partial charge is 0.369 e. The van der Waals surface area contributed by atoms with Gasteiger partial charge in [0.05, 0.1) is 6.54 Å². The van der Waals surface area contributed by atoms with Gasteiger partial charge in [-0.15, -0.1) is 0 Å². The van der Waals surface area contributed by atoms with Crippen LogP contribution in [0.1, 0.15) is 13.3 Å². The Bertz CT molecular complexity index is 183. The van der Waals surface area contributed by atoms with Crippen molar-refractivity contribution in [2.75, 3.05) is 26.2 Å². The van der Waals surface area contributed by atoms with E-state index >= 15 is 0 Å². The molecule has 1 saturated heterocycles. The summed E-state index contributed by atoms with van der Waals surface area (Å²) in [6.07, 6.45) is 1.07. The summed E-state index contributed by atoms with van der Waals surface area (Å²) in [4.78, 5) is 12.7. The van der Waals surface area contributed by atoms with Gasteiger partial charge in [-0.3, -0.25) is 9.69 Å². The van der Waals surface area contributed by atoms with Crippen molar-refractivity contribution in [1.82, 2.24) is 4.90 Å². The molecule has 0 saturated carbocycles. The Morgan fingerprint density at radius 1 is 1.67 bits per heavy atom. The molecule has 1 aliphatic heterocycles. The van der Waals surface area contributed by atoms with Crippen molar-refractivity contribution in [3.63, 3.8) is 0 Å². The molecule has 1 amide bonds. The van der Waals surface area contributed by atoms with Crippen LogP contribution in [0.15, 0.2) is 0 Å². The third kappa shape index (κ3) is 2.19. The van der Waals surface area contributed by atoms with Crippen LogP contribution < -0.4 is 11.5 Å². The van der Waals surface area contributed by atoms with Crippen LogP contribution in [0.2, 0.25) is 0 Å². The van der Waals surface area contributed by atoms with E-state index in [1.54, 1.807) is 0 Å². The number of hydrogen-bond donors (Lipinski definition) is 2. The Balaban J connectivity index is 2.40. The van der Waals surface area contributed by atoms with E-state index < -0.39 is 0 Å². The highest BCUT2D eigenvalue weighted by Gasteiger charge is 2.32. The van der Waals surface area contributed by atoms with Gasteiger partial charge < -0.3 is 11.5 Å². The van der Waals surface area contributed by atoms with Crippen LogP contribution in [0.4, 0.5) is 0 Å². The SMILES string of the molecule is CC1(CN)CCN(CC(N)=O)C1. The van der Waals surface area contributed by atoms with Gasteiger partial charge in [-0.25, -0.2) is 0 Å². The standard InChI is InChI=1S/C8H17N3O/c1-8(5-9)2-3-11(6-8)4-7(10)12/h2-6,9H2,1H3,(H2,10,12). The third-order valence-electron chi connectivity index (χ3n) is 2.51. The molecule has 0 aliphatic carbocycles. The molecule has 0 radical (unpaired) electrons. The summed E-state index contributed by atoms with van der Waals surface area (Å²) in [6.45, 7) is 5.04. The maximum atomic E-state index is 10.6. The molecule has 0 aromatic rings. The first kappa shape index (κ1) is 9.48. The number of hydrogen-bond acceptors (Lipinski definition) is 3. The molecule has 1 aliphatic rings. The zero-order valence-electron chi connectivity index (χ0n) is 7.55. The van der Waals surface area contributed by atoms with E-state index in [-0.39, 0.29) is 11.3 Å². The van der Waals surface area contributed by atoms with Crippen LogP contribution in [0.25, 0.3) is 0 Å². The fourth-order valence-electron chi connectivity index (χ4n) is 1.65. The summed E-state index contributed by atoms with van der Waals surface area (Å²) in [5, 5.41) is 0. The lowest BCUT2D eigenvalue weighted by Gasteiger charge is -2.21. The van der Waals surface area contributed by atoms with Gasteiger partial charge in [0.1, 0.15) is 0 Å². The molecular formula is C8H17N3O. The first-order valence-corrected chi connectivity index (χ1v) is 4.26. The highest BCUT2D eigenvalue weighted by Crippen LogP contribution is 2.27. The molecule has 1 heterocycles. The normalized spacial score (nSPS) is 30.8. The summed E-state index contributed by atoms with van der Waals surface area (Å²) in [7, 11) is 0. The number of rotatable bonds is 3. The maximum Gasteiger partial charge on any atom is 0.231 e. The molecule has 12 heavy (non-hydrogen) atoms. The van der Waals surface area contributed by atoms with Gasteiger partial charge in [0.2, 0.25) is 5.91 Å².